The van der Waals surface area contributed by atoms with Crippen molar-refractivity contribution in [1.29, 1.82) is 0 Å². The summed E-state index contributed by atoms with van der Waals surface area (Å²) in [5, 5.41) is 6.35. The molecule has 0 radical (unpaired) electrons. The maximum absolute atomic E-state index is 13.5. The first-order valence-corrected chi connectivity index (χ1v) is 8.60. The standard InChI is InChI=1S/C21H16F2N2O4/c22-16-7-8-17(23)18(10-16)25-19(26)12-29-20(27)11-24-21(28)15-6-5-13-3-1-2-4-14(13)9-15/h1-10H,11-12H2,(H,24,28)(H,25,26). The van der Waals surface area contributed by atoms with E-state index in [1.807, 2.05) is 24.3 Å². The van der Waals surface area contributed by atoms with E-state index in [1.165, 1.54) is 0 Å². The second-order valence-electron chi connectivity index (χ2n) is 6.08. The highest BCUT2D eigenvalue weighted by Gasteiger charge is 2.13. The van der Waals surface area contributed by atoms with Gasteiger partial charge in [0, 0.05) is 11.6 Å². The molecule has 0 aromatic heterocycles. The fourth-order valence-electron chi connectivity index (χ4n) is 2.56. The maximum atomic E-state index is 13.5. The zero-order chi connectivity index (χ0) is 20.8. The van der Waals surface area contributed by atoms with Crippen molar-refractivity contribution in [3.63, 3.8) is 0 Å². The van der Waals surface area contributed by atoms with Crippen LogP contribution in [-0.4, -0.2) is 30.9 Å². The van der Waals surface area contributed by atoms with Gasteiger partial charge in [-0.15, -0.1) is 0 Å². The second kappa shape index (κ2) is 8.92. The average molecular weight is 398 g/mol. The molecule has 2 amide bonds. The first-order valence-electron chi connectivity index (χ1n) is 8.60. The van der Waals surface area contributed by atoms with Crippen LogP contribution >= 0.6 is 0 Å². The Morgan fingerprint density at radius 2 is 1.66 bits per heavy atom. The van der Waals surface area contributed by atoms with E-state index in [0.29, 0.717) is 5.56 Å². The number of fused-ring (bicyclic) bond motifs is 1. The van der Waals surface area contributed by atoms with E-state index in [9.17, 15) is 23.2 Å². The van der Waals surface area contributed by atoms with Crippen LogP contribution in [0.15, 0.2) is 60.7 Å². The van der Waals surface area contributed by atoms with Gasteiger partial charge in [0.1, 0.15) is 18.2 Å². The van der Waals surface area contributed by atoms with E-state index >= 15 is 0 Å². The summed E-state index contributed by atoms with van der Waals surface area (Å²) in [5.74, 6) is -3.72. The number of ether oxygens (including phenoxy) is 1. The van der Waals surface area contributed by atoms with Gasteiger partial charge < -0.3 is 15.4 Å². The molecule has 3 rings (SSSR count). The molecule has 0 aliphatic heterocycles. The van der Waals surface area contributed by atoms with Gasteiger partial charge in [0.15, 0.2) is 6.61 Å². The van der Waals surface area contributed by atoms with Gasteiger partial charge in [0.25, 0.3) is 11.8 Å². The number of nitrogens with one attached hydrogen (secondary N) is 2. The summed E-state index contributed by atoms with van der Waals surface area (Å²) in [5.41, 5.74) is 0.00600. The lowest BCUT2D eigenvalue weighted by Gasteiger charge is -2.09. The van der Waals surface area contributed by atoms with Crippen molar-refractivity contribution in [2.75, 3.05) is 18.5 Å². The largest absolute Gasteiger partial charge is 0.454 e. The molecule has 0 atom stereocenters. The van der Waals surface area contributed by atoms with Gasteiger partial charge in [-0.3, -0.25) is 14.4 Å². The monoisotopic (exact) mass is 398 g/mol. The Morgan fingerprint density at radius 1 is 0.897 bits per heavy atom. The molecule has 0 heterocycles. The number of hydrogen-bond donors (Lipinski definition) is 2. The first kappa shape index (κ1) is 19.9. The van der Waals surface area contributed by atoms with Crippen LogP contribution in [0.2, 0.25) is 0 Å². The van der Waals surface area contributed by atoms with Crippen LogP contribution < -0.4 is 10.6 Å². The molecule has 0 saturated heterocycles. The minimum atomic E-state index is -0.853. The molecule has 0 saturated carbocycles. The topological polar surface area (TPSA) is 84.5 Å². The highest BCUT2D eigenvalue weighted by atomic mass is 19.1. The van der Waals surface area contributed by atoms with Gasteiger partial charge in [-0.1, -0.05) is 30.3 Å². The third-order valence-corrected chi connectivity index (χ3v) is 3.97. The average Bonchev–Trinajstić information content (AvgIpc) is 2.72. The molecule has 148 valence electrons. The summed E-state index contributed by atoms with van der Waals surface area (Å²) in [6.45, 7) is -1.16. The van der Waals surface area contributed by atoms with Gasteiger partial charge >= 0.3 is 5.97 Å². The van der Waals surface area contributed by atoms with Gasteiger partial charge in [-0.05, 0) is 35.0 Å². The van der Waals surface area contributed by atoms with E-state index in [1.54, 1.807) is 18.2 Å². The molecule has 6 nitrogen and oxygen atoms in total. The third-order valence-electron chi connectivity index (χ3n) is 3.97. The first-order chi connectivity index (χ1) is 13.9. The molecule has 3 aromatic carbocycles. The van der Waals surface area contributed by atoms with Gasteiger partial charge in [-0.25, -0.2) is 8.78 Å². The lowest BCUT2D eigenvalue weighted by Crippen LogP contribution is -2.32. The molecule has 0 fully saturated rings. The van der Waals surface area contributed by atoms with Crippen LogP contribution in [0.1, 0.15) is 10.4 Å². The van der Waals surface area contributed by atoms with E-state index < -0.39 is 42.6 Å². The third kappa shape index (κ3) is 5.35. The highest BCUT2D eigenvalue weighted by Crippen LogP contribution is 2.16. The maximum Gasteiger partial charge on any atom is 0.325 e. The van der Waals surface area contributed by atoms with E-state index in [-0.39, 0.29) is 5.69 Å². The number of benzene rings is 3. The Bertz CT molecular complexity index is 1090. The zero-order valence-corrected chi connectivity index (χ0v) is 15.1. The van der Waals surface area contributed by atoms with Gasteiger partial charge in [0.2, 0.25) is 0 Å². The Kier molecular flexibility index (Phi) is 6.13. The lowest BCUT2D eigenvalue weighted by atomic mass is 10.1. The SMILES string of the molecule is O=C(COC(=O)CNC(=O)c1ccc2ccccc2c1)Nc1cc(F)ccc1F. The van der Waals surface area contributed by atoms with Crippen molar-refractivity contribution in [3.8, 4) is 0 Å². The highest BCUT2D eigenvalue weighted by molar-refractivity contribution is 6.00. The quantitative estimate of drug-likeness (QED) is 0.625. The van der Waals surface area contributed by atoms with Crippen molar-refractivity contribution in [2.24, 2.45) is 0 Å². The summed E-state index contributed by atoms with van der Waals surface area (Å²) < 4.78 is 31.3. The summed E-state index contributed by atoms with van der Waals surface area (Å²) in [7, 11) is 0. The number of hydrogen-bond acceptors (Lipinski definition) is 4. The summed E-state index contributed by atoms with van der Waals surface area (Å²) >= 11 is 0. The smallest absolute Gasteiger partial charge is 0.325 e. The zero-order valence-electron chi connectivity index (χ0n) is 15.1. The van der Waals surface area contributed by atoms with Crippen molar-refractivity contribution < 1.29 is 27.9 Å². The fourth-order valence-corrected chi connectivity index (χ4v) is 2.56. The van der Waals surface area contributed by atoms with Crippen LogP contribution in [0, 0.1) is 11.6 Å². The number of amides is 2. The Balaban J connectivity index is 1.47. The predicted molar refractivity (Wildman–Crippen MR) is 102 cm³/mol. The number of esters is 1. The molecular formula is C21H16F2N2O4. The molecule has 0 aliphatic rings. The molecule has 0 aliphatic carbocycles. The van der Waals surface area contributed by atoms with E-state index in [2.05, 4.69) is 10.6 Å². The number of carbonyl (C=O) groups excluding carboxylic acids is 3. The summed E-state index contributed by atoms with van der Waals surface area (Å²) in [6, 6.07) is 15.2. The fraction of sp³-hybridized carbons (Fsp3) is 0.0952. The van der Waals surface area contributed by atoms with Gasteiger partial charge in [-0.2, -0.15) is 0 Å². The molecule has 8 heteroatoms. The molecule has 29 heavy (non-hydrogen) atoms. The van der Waals surface area contributed by atoms with Crippen LogP contribution in [0.4, 0.5) is 14.5 Å². The van der Waals surface area contributed by atoms with Gasteiger partial charge in [0.05, 0.1) is 5.69 Å². The number of rotatable bonds is 6. The van der Waals surface area contributed by atoms with Crippen LogP contribution in [-0.2, 0) is 14.3 Å². The van der Waals surface area contributed by atoms with E-state index in [4.69, 9.17) is 4.74 Å². The molecule has 2 N–H and O–H groups in total. The number of anilines is 1. The number of halogens is 2. The molecule has 0 unspecified atom stereocenters. The van der Waals surface area contributed by atoms with Crippen molar-refractivity contribution in [3.05, 3.63) is 77.9 Å². The Hall–Kier alpha value is -3.81. The van der Waals surface area contributed by atoms with Crippen LogP contribution in [0.5, 0.6) is 0 Å². The van der Waals surface area contributed by atoms with Crippen LogP contribution in [0.25, 0.3) is 10.8 Å². The lowest BCUT2D eigenvalue weighted by molar-refractivity contribution is -0.146. The normalized spacial score (nSPS) is 10.4. The summed E-state index contributed by atoms with van der Waals surface area (Å²) in [4.78, 5) is 35.6. The minimum absolute atomic E-state index is 0.365. The molecular weight excluding hydrogens is 382 g/mol. The van der Waals surface area contributed by atoms with Crippen molar-refractivity contribution in [1.82, 2.24) is 5.32 Å². The Morgan fingerprint density at radius 3 is 2.45 bits per heavy atom. The minimum Gasteiger partial charge on any atom is -0.454 e. The molecule has 0 spiro atoms. The summed E-state index contributed by atoms with van der Waals surface area (Å²) in [6.07, 6.45) is 0. The van der Waals surface area contributed by atoms with Crippen LogP contribution in [0.3, 0.4) is 0 Å². The van der Waals surface area contributed by atoms with E-state index in [0.717, 1.165) is 29.0 Å². The predicted octanol–water partition coefficient (Wildman–Crippen LogP) is 3.03. The molecule has 0 bridgehead atoms. The Labute approximate surface area is 164 Å². The molecule has 3 aromatic rings. The second-order valence-corrected chi connectivity index (χ2v) is 6.08. The van der Waals surface area contributed by atoms with Crippen molar-refractivity contribution in [2.45, 2.75) is 0 Å². The van der Waals surface area contributed by atoms with Crippen molar-refractivity contribution >= 4 is 34.2 Å². The number of carbonyl (C=O) groups is 3.